The Morgan fingerprint density at radius 3 is 2.75 bits per heavy atom. The normalized spacial score (nSPS) is 25.3. The first-order chi connectivity index (χ1) is 11.5. The molecule has 0 bridgehead atoms. The molecule has 2 aliphatic heterocycles. The van der Waals surface area contributed by atoms with E-state index in [2.05, 4.69) is 5.32 Å². The van der Waals surface area contributed by atoms with Crippen LogP contribution in [0, 0.1) is 5.92 Å². The summed E-state index contributed by atoms with van der Waals surface area (Å²) in [6.45, 7) is 1.94. The summed E-state index contributed by atoms with van der Waals surface area (Å²) in [6.07, 6.45) is 4.52. The van der Waals surface area contributed by atoms with Gasteiger partial charge in [0.2, 0.25) is 17.7 Å². The summed E-state index contributed by atoms with van der Waals surface area (Å²) in [4.78, 5) is 39.8. The summed E-state index contributed by atoms with van der Waals surface area (Å²) in [5.74, 6) is 0.00257. The molecule has 0 aromatic rings. The number of nitrogens with one attached hydrogen (secondary N) is 1. The van der Waals surface area contributed by atoms with Gasteiger partial charge in [-0.25, -0.2) is 0 Å². The van der Waals surface area contributed by atoms with Crippen molar-refractivity contribution in [3.63, 3.8) is 0 Å². The average molecular weight is 339 g/mol. The van der Waals surface area contributed by atoms with Gasteiger partial charge < -0.3 is 19.9 Å². The molecule has 2 atom stereocenters. The Labute approximate surface area is 143 Å². The van der Waals surface area contributed by atoms with Gasteiger partial charge in [0, 0.05) is 52.6 Å². The van der Waals surface area contributed by atoms with Crippen molar-refractivity contribution in [1.82, 2.24) is 15.1 Å². The summed E-state index contributed by atoms with van der Waals surface area (Å²) in [5, 5.41) is 2.63. The highest BCUT2D eigenvalue weighted by Crippen LogP contribution is 2.23. The molecule has 0 spiro atoms. The lowest BCUT2D eigenvalue weighted by molar-refractivity contribution is -0.143. The monoisotopic (exact) mass is 339 g/mol. The maximum atomic E-state index is 12.6. The van der Waals surface area contributed by atoms with Crippen LogP contribution in [0.4, 0.5) is 0 Å². The maximum absolute atomic E-state index is 12.6. The van der Waals surface area contributed by atoms with Crippen molar-refractivity contribution >= 4 is 17.7 Å². The Hall–Kier alpha value is -1.63. The number of carbonyl (C=O) groups excluding carboxylic acids is 3. The molecule has 3 amide bonds. The topological polar surface area (TPSA) is 79.0 Å². The van der Waals surface area contributed by atoms with Crippen LogP contribution in [0.1, 0.15) is 38.5 Å². The lowest BCUT2D eigenvalue weighted by Gasteiger charge is -2.38. The Morgan fingerprint density at radius 2 is 2.04 bits per heavy atom. The van der Waals surface area contributed by atoms with Crippen molar-refractivity contribution in [2.75, 3.05) is 40.3 Å². The maximum Gasteiger partial charge on any atom is 0.242 e. The van der Waals surface area contributed by atoms with Gasteiger partial charge in [-0.05, 0) is 19.3 Å². The molecule has 2 heterocycles. The predicted octanol–water partition coefficient (Wildman–Crippen LogP) is 0.389. The molecule has 2 rings (SSSR count). The smallest absolute Gasteiger partial charge is 0.242 e. The van der Waals surface area contributed by atoms with E-state index < -0.39 is 0 Å². The highest BCUT2D eigenvalue weighted by molar-refractivity contribution is 5.85. The number of nitrogens with zero attached hydrogens (tertiary/aromatic N) is 2. The molecule has 24 heavy (non-hydrogen) atoms. The quantitative estimate of drug-likeness (QED) is 0.786. The minimum atomic E-state index is -0.0426. The Kier molecular flexibility index (Phi) is 7.02. The van der Waals surface area contributed by atoms with Crippen LogP contribution >= 0.6 is 0 Å². The van der Waals surface area contributed by atoms with E-state index >= 15 is 0 Å². The Morgan fingerprint density at radius 1 is 1.25 bits per heavy atom. The van der Waals surface area contributed by atoms with Crippen molar-refractivity contribution in [2.45, 2.75) is 44.6 Å². The number of ether oxygens (including phenoxy) is 1. The summed E-state index contributed by atoms with van der Waals surface area (Å²) >= 11 is 0. The Balaban J connectivity index is 1.93. The van der Waals surface area contributed by atoms with Gasteiger partial charge >= 0.3 is 0 Å². The molecular formula is C17H29N3O4. The zero-order chi connectivity index (χ0) is 17.5. The predicted molar refractivity (Wildman–Crippen MR) is 89.2 cm³/mol. The van der Waals surface area contributed by atoms with Crippen molar-refractivity contribution in [3.8, 4) is 0 Å². The summed E-state index contributed by atoms with van der Waals surface area (Å²) in [5.41, 5.74) is 0. The number of hydrogen-bond acceptors (Lipinski definition) is 4. The average Bonchev–Trinajstić information content (AvgIpc) is 2.79. The van der Waals surface area contributed by atoms with Crippen molar-refractivity contribution in [3.05, 3.63) is 0 Å². The molecule has 7 heteroatoms. The number of piperidine rings is 1. The van der Waals surface area contributed by atoms with Crippen molar-refractivity contribution in [2.24, 2.45) is 5.92 Å². The van der Waals surface area contributed by atoms with Crippen LogP contribution in [0.3, 0.4) is 0 Å². The highest BCUT2D eigenvalue weighted by atomic mass is 16.5. The minimum absolute atomic E-state index is 0.00696. The molecule has 0 unspecified atom stereocenters. The van der Waals surface area contributed by atoms with Gasteiger partial charge in [-0.15, -0.1) is 0 Å². The number of rotatable bonds is 5. The zero-order valence-electron chi connectivity index (χ0n) is 14.8. The fourth-order valence-corrected chi connectivity index (χ4v) is 3.55. The van der Waals surface area contributed by atoms with Crippen LogP contribution in [0.5, 0.6) is 0 Å². The molecular weight excluding hydrogens is 310 g/mol. The van der Waals surface area contributed by atoms with E-state index in [1.54, 1.807) is 24.0 Å². The minimum Gasteiger partial charge on any atom is -0.381 e. The molecule has 136 valence electrons. The van der Waals surface area contributed by atoms with Gasteiger partial charge in [0.15, 0.2) is 0 Å². The van der Waals surface area contributed by atoms with Gasteiger partial charge in [0.1, 0.15) is 0 Å². The third-order valence-corrected chi connectivity index (χ3v) is 5.04. The second-order valence-corrected chi connectivity index (χ2v) is 6.67. The van der Waals surface area contributed by atoms with Gasteiger partial charge in [0.25, 0.3) is 0 Å². The van der Waals surface area contributed by atoms with Crippen LogP contribution in [-0.2, 0) is 19.1 Å². The van der Waals surface area contributed by atoms with Gasteiger partial charge in [-0.1, -0.05) is 6.42 Å². The van der Waals surface area contributed by atoms with Gasteiger partial charge in [0.05, 0.1) is 12.6 Å². The van der Waals surface area contributed by atoms with Crippen LogP contribution in [0.2, 0.25) is 0 Å². The first kappa shape index (κ1) is 18.7. The lowest BCUT2D eigenvalue weighted by atomic mass is 9.91. The van der Waals surface area contributed by atoms with Crippen LogP contribution in [0.15, 0.2) is 0 Å². The van der Waals surface area contributed by atoms with E-state index in [-0.39, 0.29) is 36.3 Å². The van der Waals surface area contributed by atoms with E-state index in [4.69, 9.17) is 4.74 Å². The summed E-state index contributed by atoms with van der Waals surface area (Å²) in [7, 11) is 3.26. The SMILES string of the molecule is CNC(=O)C[C@@H]1CN(C(=O)CN2CCCCCC2=O)CC[C@H]1OC. The summed E-state index contributed by atoms with van der Waals surface area (Å²) in [6, 6.07) is 0. The number of likely N-dealkylation sites (tertiary alicyclic amines) is 2. The van der Waals surface area contributed by atoms with Gasteiger partial charge in [-0.2, -0.15) is 0 Å². The number of amides is 3. The van der Waals surface area contributed by atoms with Crippen LogP contribution < -0.4 is 5.32 Å². The van der Waals surface area contributed by atoms with Crippen LogP contribution in [-0.4, -0.2) is 74.0 Å². The third-order valence-electron chi connectivity index (χ3n) is 5.04. The van der Waals surface area contributed by atoms with E-state index in [1.165, 1.54) is 0 Å². The number of hydrogen-bond donors (Lipinski definition) is 1. The molecule has 2 aliphatic rings. The third kappa shape index (κ3) is 4.93. The first-order valence-electron chi connectivity index (χ1n) is 8.84. The molecule has 1 N–H and O–H groups in total. The second-order valence-electron chi connectivity index (χ2n) is 6.67. The van der Waals surface area contributed by atoms with Crippen LogP contribution in [0.25, 0.3) is 0 Å². The number of methoxy groups -OCH3 is 1. The van der Waals surface area contributed by atoms with E-state index in [1.807, 2.05) is 0 Å². The summed E-state index contributed by atoms with van der Waals surface area (Å²) < 4.78 is 5.48. The van der Waals surface area contributed by atoms with Gasteiger partial charge in [-0.3, -0.25) is 14.4 Å². The van der Waals surface area contributed by atoms with E-state index in [0.29, 0.717) is 32.5 Å². The molecule has 0 aromatic carbocycles. The molecule has 0 aliphatic carbocycles. The fourth-order valence-electron chi connectivity index (χ4n) is 3.55. The Bertz CT molecular complexity index is 469. The zero-order valence-corrected chi connectivity index (χ0v) is 14.8. The largest absolute Gasteiger partial charge is 0.381 e. The highest BCUT2D eigenvalue weighted by Gasteiger charge is 2.33. The van der Waals surface area contributed by atoms with Crippen molar-refractivity contribution < 1.29 is 19.1 Å². The number of carbonyl (C=O) groups is 3. The molecule has 2 saturated heterocycles. The van der Waals surface area contributed by atoms with E-state index in [0.717, 1.165) is 25.7 Å². The first-order valence-corrected chi connectivity index (χ1v) is 8.84. The standard InChI is InChI=1S/C17H29N3O4/c1-18-15(21)10-13-11-20(9-7-14(13)24-2)17(23)12-19-8-5-3-4-6-16(19)22/h13-14H,3-12H2,1-2H3,(H,18,21)/t13-,14-/m1/s1. The second kappa shape index (κ2) is 9.01. The van der Waals surface area contributed by atoms with E-state index in [9.17, 15) is 14.4 Å². The fraction of sp³-hybridized carbons (Fsp3) is 0.824. The van der Waals surface area contributed by atoms with Crippen molar-refractivity contribution in [1.29, 1.82) is 0 Å². The molecule has 0 radical (unpaired) electrons. The lowest BCUT2D eigenvalue weighted by Crippen LogP contribution is -2.51. The molecule has 0 aromatic heterocycles. The molecule has 7 nitrogen and oxygen atoms in total. The molecule has 0 saturated carbocycles. The molecule has 2 fully saturated rings.